The molecule has 0 atom stereocenters. The highest BCUT2D eigenvalue weighted by molar-refractivity contribution is 5.67. The van der Waals surface area contributed by atoms with Crippen LogP contribution in [0.25, 0.3) is 0 Å². The number of hydrogen-bond acceptors (Lipinski definition) is 5. The maximum Gasteiger partial charge on any atom is 0.242 e. The summed E-state index contributed by atoms with van der Waals surface area (Å²) in [7, 11) is 1.61. The molecule has 1 aliphatic carbocycles. The molecule has 0 amide bonds. The van der Waals surface area contributed by atoms with Crippen molar-refractivity contribution in [3.8, 4) is 5.88 Å². The topological polar surface area (TPSA) is 73.1 Å². The summed E-state index contributed by atoms with van der Waals surface area (Å²) in [5, 5.41) is 3.31. The molecule has 0 bridgehead atoms. The van der Waals surface area contributed by atoms with Crippen LogP contribution in [0.4, 0.5) is 11.5 Å². The smallest absolute Gasteiger partial charge is 0.242 e. The van der Waals surface area contributed by atoms with Crippen LogP contribution in [0.1, 0.15) is 57.7 Å². The predicted octanol–water partition coefficient (Wildman–Crippen LogP) is 3.18. The zero-order chi connectivity index (χ0) is 14.5. The van der Waals surface area contributed by atoms with Crippen molar-refractivity contribution >= 4 is 11.5 Å². The number of rotatable bonds is 5. The van der Waals surface area contributed by atoms with Crippen LogP contribution in [-0.4, -0.2) is 23.6 Å². The van der Waals surface area contributed by atoms with Gasteiger partial charge in [-0.05, 0) is 18.8 Å². The molecule has 0 unspecified atom stereocenters. The van der Waals surface area contributed by atoms with Crippen molar-refractivity contribution in [1.29, 1.82) is 0 Å². The monoisotopic (exact) mass is 278 g/mol. The van der Waals surface area contributed by atoms with Gasteiger partial charge in [0.2, 0.25) is 5.88 Å². The maximum absolute atomic E-state index is 6.07. The summed E-state index contributed by atoms with van der Waals surface area (Å²) < 4.78 is 5.31. The highest BCUT2D eigenvalue weighted by atomic mass is 16.5. The molecule has 3 N–H and O–H groups in total. The van der Waals surface area contributed by atoms with Crippen LogP contribution in [0.3, 0.4) is 0 Å². The van der Waals surface area contributed by atoms with Gasteiger partial charge in [0.05, 0.1) is 7.11 Å². The number of hydrogen-bond donors (Lipinski definition) is 2. The van der Waals surface area contributed by atoms with E-state index in [1.807, 2.05) is 0 Å². The fraction of sp³-hybridized carbons (Fsp3) is 0.733. The van der Waals surface area contributed by atoms with E-state index in [1.54, 1.807) is 7.11 Å². The standard InChI is InChI=1S/C15H26N4O/c1-10(2)9-17-14-12(16)15(20-3)19-13(18-14)11-7-5-4-6-8-11/h10-11H,4-9,16H2,1-3H3,(H,17,18,19). The van der Waals surface area contributed by atoms with E-state index in [1.165, 1.54) is 19.3 Å². The second-order valence-corrected chi connectivity index (χ2v) is 5.96. The zero-order valence-electron chi connectivity index (χ0n) is 12.8. The molecule has 1 aromatic heterocycles. The van der Waals surface area contributed by atoms with Crippen molar-refractivity contribution < 1.29 is 4.74 Å². The normalized spacial score (nSPS) is 16.4. The largest absolute Gasteiger partial charge is 0.479 e. The summed E-state index contributed by atoms with van der Waals surface area (Å²) in [5.41, 5.74) is 6.57. The van der Waals surface area contributed by atoms with Crippen molar-refractivity contribution in [2.24, 2.45) is 5.92 Å². The first-order valence-electron chi connectivity index (χ1n) is 7.57. The Bertz CT molecular complexity index is 442. The molecule has 112 valence electrons. The Morgan fingerprint density at radius 3 is 2.55 bits per heavy atom. The zero-order valence-corrected chi connectivity index (χ0v) is 12.8. The highest BCUT2D eigenvalue weighted by Crippen LogP contribution is 2.34. The predicted molar refractivity (Wildman–Crippen MR) is 82.2 cm³/mol. The lowest BCUT2D eigenvalue weighted by Gasteiger charge is -2.22. The van der Waals surface area contributed by atoms with Crippen molar-refractivity contribution in [3.05, 3.63) is 5.82 Å². The van der Waals surface area contributed by atoms with Gasteiger partial charge in [0.1, 0.15) is 11.5 Å². The van der Waals surface area contributed by atoms with Gasteiger partial charge in [-0.15, -0.1) is 0 Å². The third-order valence-electron chi connectivity index (χ3n) is 3.77. The molecule has 1 fully saturated rings. The number of methoxy groups -OCH3 is 1. The van der Waals surface area contributed by atoms with Gasteiger partial charge in [0, 0.05) is 12.5 Å². The average Bonchev–Trinajstić information content (AvgIpc) is 2.47. The second kappa shape index (κ2) is 6.77. The first kappa shape index (κ1) is 14.9. The minimum Gasteiger partial charge on any atom is -0.479 e. The molecule has 1 aromatic rings. The van der Waals surface area contributed by atoms with Crippen LogP contribution in [0, 0.1) is 5.92 Å². The molecule has 0 spiro atoms. The molecule has 20 heavy (non-hydrogen) atoms. The van der Waals surface area contributed by atoms with E-state index < -0.39 is 0 Å². The first-order chi connectivity index (χ1) is 9.61. The lowest BCUT2D eigenvalue weighted by molar-refractivity contribution is 0.385. The van der Waals surface area contributed by atoms with Crippen LogP contribution < -0.4 is 15.8 Å². The third-order valence-corrected chi connectivity index (χ3v) is 3.77. The molecule has 1 aliphatic rings. The molecule has 1 saturated carbocycles. The van der Waals surface area contributed by atoms with Gasteiger partial charge in [-0.3, -0.25) is 0 Å². The van der Waals surface area contributed by atoms with Crippen molar-refractivity contribution in [1.82, 2.24) is 9.97 Å². The Kier molecular flexibility index (Phi) is 5.04. The van der Waals surface area contributed by atoms with E-state index in [-0.39, 0.29) is 0 Å². The summed E-state index contributed by atoms with van der Waals surface area (Å²) in [6, 6.07) is 0. The van der Waals surface area contributed by atoms with Gasteiger partial charge in [-0.1, -0.05) is 33.1 Å². The number of nitrogens with two attached hydrogens (primary N) is 1. The van der Waals surface area contributed by atoms with Gasteiger partial charge >= 0.3 is 0 Å². The molecular formula is C15H26N4O. The number of aromatic nitrogens is 2. The molecule has 1 heterocycles. The maximum atomic E-state index is 6.07. The molecule has 0 radical (unpaired) electrons. The van der Waals surface area contributed by atoms with E-state index >= 15 is 0 Å². The van der Waals surface area contributed by atoms with Crippen LogP contribution in [-0.2, 0) is 0 Å². The third kappa shape index (κ3) is 3.52. The lowest BCUT2D eigenvalue weighted by atomic mass is 9.88. The Labute approximate surface area is 121 Å². The van der Waals surface area contributed by atoms with Crippen molar-refractivity contribution in [3.63, 3.8) is 0 Å². The average molecular weight is 278 g/mol. The highest BCUT2D eigenvalue weighted by Gasteiger charge is 2.21. The van der Waals surface area contributed by atoms with E-state index in [0.29, 0.717) is 29.2 Å². The van der Waals surface area contributed by atoms with E-state index in [0.717, 1.165) is 25.2 Å². The Balaban J connectivity index is 2.25. The molecule has 5 nitrogen and oxygen atoms in total. The number of nitrogen functional groups attached to an aromatic ring is 1. The fourth-order valence-corrected chi connectivity index (χ4v) is 2.60. The van der Waals surface area contributed by atoms with Gasteiger partial charge in [-0.2, -0.15) is 4.98 Å². The molecule has 2 rings (SSSR count). The van der Waals surface area contributed by atoms with Crippen LogP contribution in [0.5, 0.6) is 5.88 Å². The fourth-order valence-electron chi connectivity index (χ4n) is 2.60. The summed E-state index contributed by atoms with van der Waals surface area (Å²) in [6.45, 7) is 5.15. The lowest BCUT2D eigenvalue weighted by Crippen LogP contribution is -2.16. The summed E-state index contributed by atoms with van der Waals surface area (Å²) >= 11 is 0. The van der Waals surface area contributed by atoms with Gasteiger partial charge < -0.3 is 15.8 Å². The van der Waals surface area contributed by atoms with E-state index in [4.69, 9.17) is 10.5 Å². The van der Waals surface area contributed by atoms with Crippen LogP contribution in [0.15, 0.2) is 0 Å². The SMILES string of the molecule is COc1nc(C2CCCCC2)nc(NCC(C)C)c1N. The second-order valence-electron chi connectivity index (χ2n) is 5.96. The number of ether oxygens (including phenoxy) is 1. The first-order valence-corrected chi connectivity index (χ1v) is 7.57. The Morgan fingerprint density at radius 2 is 1.95 bits per heavy atom. The van der Waals surface area contributed by atoms with E-state index in [9.17, 15) is 0 Å². The molecule has 0 aliphatic heterocycles. The Morgan fingerprint density at radius 1 is 1.25 bits per heavy atom. The van der Waals surface area contributed by atoms with Gasteiger partial charge in [-0.25, -0.2) is 4.98 Å². The van der Waals surface area contributed by atoms with Crippen molar-refractivity contribution in [2.75, 3.05) is 24.7 Å². The van der Waals surface area contributed by atoms with Gasteiger partial charge in [0.15, 0.2) is 5.82 Å². The minimum absolute atomic E-state index is 0.442. The minimum atomic E-state index is 0.442. The summed E-state index contributed by atoms with van der Waals surface area (Å²) in [4.78, 5) is 9.15. The van der Waals surface area contributed by atoms with Crippen LogP contribution in [0.2, 0.25) is 0 Å². The molecular weight excluding hydrogens is 252 g/mol. The summed E-state index contributed by atoms with van der Waals surface area (Å²) in [5.74, 6) is 3.06. The Hall–Kier alpha value is -1.52. The van der Waals surface area contributed by atoms with Gasteiger partial charge in [0.25, 0.3) is 0 Å². The number of nitrogens with one attached hydrogen (secondary N) is 1. The van der Waals surface area contributed by atoms with Crippen molar-refractivity contribution in [2.45, 2.75) is 51.9 Å². The molecule has 0 aromatic carbocycles. The van der Waals surface area contributed by atoms with E-state index in [2.05, 4.69) is 29.1 Å². The quantitative estimate of drug-likeness (QED) is 0.865. The van der Waals surface area contributed by atoms with Crippen LogP contribution >= 0.6 is 0 Å². The molecule has 5 heteroatoms. The number of anilines is 2. The number of nitrogens with zero attached hydrogens (tertiary/aromatic N) is 2. The summed E-state index contributed by atoms with van der Waals surface area (Å²) in [6.07, 6.45) is 6.17. The molecule has 0 saturated heterocycles.